The average Bonchev–Trinajstić information content (AvgIpc) is 3.15. The standard InChI is InChI=1S/C23H25BrN4O2/c1-4-28-14-22(15(2)26-28)20-9-16(12-24)10-21-19(20)6-8-27(23(21)29)13-17-11-18(30-3)5-7-25-17/h5,7,9-11,14H,4,6,8,12-13H2,1-3H3. The van der Waals surface area contributed by atoms with E-state index in [4.69, 9.17) is 4.74 Å². The number of hydrogen-bond acceptors (Lipinski definition) is 4. The Hall–Kier alpha value is -2.67. The van der Waals surface area contributed by atoms with Crippen LogP contribution in [0.4, 0.5) is 0 Å². The number of alkyl halides is 1. The van der Waals surface area contributed by atoms with Crippen molar-refractivity contribution >= 4 is 21.8 Å². The maximum atomic E-state index is 13.4. The first-order valence-corrected chi connectivity index (χ1v) is 11.2. The molecule has 0 atom stereocenters. The minimum Gasteiger partial charge on any atom is -0.497 e. The van der Waals surface area contributed by atoms with Gasteiger partial charge >= 0.3 is 0 Å². The van der Waals surface area contributed by atoms with Crippen LogP contribution in [0, 0.1) is 6.92 Å². The molecule has 7 heteroatoms. The maximum absolute atomic E-state index is 13.4. The van der Waals surface area contributed by atoms with Gasteiger partial charge in [0.1, 0.15) is 5.75 Å². The van der Waals surface area contributed by atoms with Crippen LogP contribution in [0.5, 0.6) is 5.75 Å². The number of carbonyl (C=O) groups excluding carboxylic acids is 1. The summed E-state index contributed by atoms with van der Waals surface area (Å²) < 4.78 is 7.24. The zero-order valence-electron chi connectivity index (χ0n) is 17.5. The summed E-state index contributed by atoms with van der Waals surface area (Å²) in [7, 11) is 1.63. The molecule has 1 aromatic carbocycles. The number of fused-ring (bicyclic) bond motifs is 1. The highest BCUT2D eigenvalue weighted by Gasteiger charge is 2.28. The van der Waals surface area contributed by atoms with Gasteiger partial charge < -0.3 is 9.64 Å². The molecule has 1 aliphatic rings. The Morgan fingerprint density at radius 3 is 2.70 bits per heavy atom. The van der Waals surface area contributed by atoms with Crippen molar-refractivity contribution in [1.82, 2.24) is 19.7 Å². The van der Waals surface area contributed by atoms with Crippen LogP contribution in [-0.2, 0) is 24.8 Å². The lowest BCUT2D eigenvalue weighted by Gasteiger charge is -2.30. The molecule has 3 aromatic rings. The van der Waals surface area contributed by atoms with Gasteiger partial charge in [-0.2, -0.15) is 5.10 Å². The molecule has 0 aliphatic carbocycles. The Bertz CT molecular complexity index is 1090. The molecule has 2 aromatic heterocycles. The van der Waals surface area contributed by atoms with Crippen molar-refractivity contribution < 1.29 is 9.53 Å². The molecule has 0 N–H and O–H groups in total. The molecule has 0 unspecified atom stereocenters. The molecule has 6 nitrogen and oxygen atoms in total. The first-order chi connectivity index (χ1) is 14.5. The van der Waals surface area contributed by atoms with Gasteiger partial charge in [0.2, 0.25) is 0 Å². The van der Waals surface area contributed by atoms with E-state index in [1.807, 2.05) is 34.7 Å². The lowest BCUT2D eigenvalue weighted by Crippen LogP contribution is -2.37. The molecule has 3 heterocycles. The van der Waals surface area contributed by atoms with Gasteiger partial charge in [-0.3, -0.25) is 14.5 Å². The number of nitrogens with zero attached hydrogens (tertiary/aromatic N) is 4. The highest BCUT2D eigenvalue weighted by atomic mass is 79.9. The minimum absolute atomic E-state index is 0.0467. The van der Waals surface area contributed by atoms with Crippen LogP contribution in [0.25, 0.3) is 11.1 Å². The van der Waals surface area contributed by atoms with Crippen LogP contribution < -0.4 is 4.74 Å². The predicted octanol–water partition coefficient (Wildman–Crippen LogP) is 4.38. The summed E-state index contributed by atoms with van der Waals surface area (Å²) in [5.74, 6) is 0.794. The first-order valence-electron chi connectivity index (χ1n) is 10.1. The summed E-state index contributed by atoms with van der Waals surface area (Å²) in [5.41, 5.74) is 7.00. The van der Waals surface area contributed by atoms with Gasteiger partial charge in [0, 0.05) is 48.0 Å². The Kier molecular flexibility index (Phi) is 5.90. The van der Waals surface area contributed by atoms with E-state index in [1.165, 1.54) is 0 Å². The number of halogens is 1. The first kappa shape index (κ1) is 20.6. The fraction of sp³-hybridized carbons (Fsp3) is 0.348. The van der Waals surface area contributed by atoms with Gasteiger partial charge in [0.15, 0.2) is 0 Å². The quantitative estimate of drug-likeness (QED) is 0.503. The zero-order chi connectivity index (χ0) is 21.3. The van der Waals surface area contributed by atoms with E-state index in [-0.39, 0.29) is 5.91 Å². The number of methoxy groups -OCH3 is 1. The van der Waals surface area contributed by atoms with E-state index in [1.54, 1.807) is 13.3 Å². The number of aryl methyl sites for hydroxylation is 2. The highest BCUT2D eigenvalue weighted by molar-refractivity contribution is 9.08. The molecule has 30 heavy (non-hydrogen) atoms. The summed E-state index contributed by atoms with van der Waals surface area (Å²) in [6.07, 6.45) is 4.60. The van der Waals surface area contributed by atoms with E-state index in [0.29, 0.717) is 18.4 Å². The number of pyridine rings is 1. The number of amides is 1. The van der Waals surface area contributed by atoms with E-state index in [0.717, 1.165) is 57.9 Å². The van der Waals surface area contributed by atoms with Crippen LogP contribution in [0.1, 0.15) is 39.8 Å². The molecule has 0 saturated carbocycles. The Balaban J connectivity index is 1.71. The second kappa shape index (κ2) is 8.60. The zero-order valence-corrected chi connectivity index (χ0v) is 19.1. The molecule has 0 bridgehead atoms. The van der Waals surface area contributed by atoms with E-state index in [2.05, 4.69) is 45.2 Å². The van der Waals surface area contributed by atoms with Crippen molar-refractivity contribution in [3.05, 3.63) is 64.7 Å². The van der Waals surface area contributed by atoms with Gasteiger partial charge in [-0.15, -0.1) is 0 Å². The van der Waals surface area contributed by atoms with Crippen LogP contribution in [0.15, 0.2) is 36.7 Å². The molecule has 0 spiro atoms. The Morgan fingerprint density at radius 1 is 1.20 bits per heavy atom. The normalized spacial score (nSPS) is 13.5. The van der Waals surface area contributed by atoms with Crippen molar-refractivity contribution in [3.8, 4) is 16.9 Å². The molecule has 1 aliphatic heterocycles. The molecule has 1 amide bonds. The summed E-state index contributed by atoms with van der Waals surface area (Å²) in [6.45, 7) is 6.05. The molecular weight excluding hydrogens is 444 g/mol. The second-order valence-corrected chi connectivity index (χ2v) is 8.01. The SMILES string of the molecule is CCn1cc(-c2cc(CBr)cc3c2CCN(Cc2cc(OC)ccn2)C3=O)c(C)n1. The number of benzene rings is 1. The summed E-state index contributed by atoms with van der Waals surface area (Å²) in [4.78, 5) is 19.7. The van der Waals surface area contributed by atoms with Gasteiger partial charge in [0.05, 0.1) is 25.0 Å². The number of aromatic nitrogens is 3. The average molecular weight is 469 g/mol. The Labute approximate surface area is 185 Å². The van der Waals surface area contributed by atoms with Crippen LogP contribution >= 0.6 is 15.9 Å². The number of carbonyl (C=O) groups is 1. The van der Waals surface area contributed by atoms with Crippen molar-refractivity contribution in [2.75, 3.05) is 13.7 Å². The van der Waals surface area contributed by atoms with Gasteiger partial charge in [0.25, 0.3) is 5.91 Å². The van der Waals surface area contributed by atoms with Gasteiger partial charge in [-0.1, -0.05) is 15.9 Å². The monoisotopic (exact) mass is 468 g/mol. The van der Waals surface area contributed by atoms with E-state index in [9.17, 15) is 4.79 Å². The maximum Gasteiger partial charge on any atom is 0.254 e. The fourth-order valence-corrected chi connectivity index (χ4v) is 4.31. The van der Waals surface area contributed by atoms with Gasteiger partial charge in [-0.05, 0) is 55.2 Å². The predicted molar refractivity (Wildman–Crippen MR) is 120 cm³/mol. The van der Waals surface area contributed by atoms with Gasteiger partial charge in [-0.25, -0.2) is 0 Å². The topological polar surface area (TPSA) is 60.2 Å². The van der Waals surface area contributed by atoms with Crippen molar-refractivity contribution in [1.29, 1.82) is 0 Å². The van der Waals surface area contributed by atoms with Crippen LogP contribution in [0.3, 0.4) is 0 Å². The van der Waals surface area contributed by atoms with Crippen molar-refractivity contribution in [3.63, 3.8) is 0 Å². The molecule has 0 radical (unpaired) electrons. The summed E-state index contributed by atoms with van der Waals surface area (Å²) in [6, 6.07) is 7.89. The summed E-state index contributed by atoms with van der Waals surface area (Å²) >= 11 is 3.56. The largest absolute Gasteiger partial charge is 0.497 e. The molecule has 0 fully saturated rings. The third-order valence-corrected chi connectivity index (χ3v) is 6.20. The lowest BCUT2D eigenvalue weighted by molar-refractivity contribution is 0.0725. The third-order valence-electron chi connectivity index (χ3n) is 5.55. The molecule has 156 valence electrons. The lowest BCUT2D eigenvalue weighted by atomic mass is 9.88. The van der Waals surface area contributed by atoms with E-state index < -0.39 is 0 Å². The second-order valence-electron chi connectivity index (χ2n) is 7.45. The molecule has 4 rings (SSSR count). The molecular formula is C23H25BrN4O2. The number of ether oxygens (including phenoxy) is 1. The van der Waals surface area contributed by atoms with E-state index >= 15 is 0 Å². The molecule has 0 saturated heterocycles. The minimum atomic E-state index is 0.0467. The smallest absolute Gasteiger partial charge is 0.254 e. The van der Waals surface area contributed by atoms with Crippen molar-refractivity contribution in [2.24, 2.45) is 0 Å². The fourth-order valence-electron chi connectivity index (χ4n) is 3.99. The summed E-state index contributed by atoms with van der Waals surface area (Å²) in [5, 5.41) is 5.30. The van der Waals surface area contributed by atoms with Crippen molar-refractivity contribution in [2.45, 2.75) is 38.7 Å². The number of rotatable bonds is 6. The Morgan fingerprint density at radius 2 is 2.00 bits per heavy atom. The van der Waals surface area contributed by atoms with Crippen LogP contribution in [0.2, 0.25) is 0 Å². The number of hydrogen-bond donors (Lipinski definition) is 0. The highest BCUT2D eigenvalue weighted by Crippen LogP contribution is 2.34. The van der Waals surface area contributed by atoms with Crippen LogP contribution in [-0.4, -0.2) is 39.2 Å². The third kappa shape index (κ3) is 3.86.